The van der Waals surface area contributed by atoms with Crippen LogP contribution >= 0.6 is 23.4 Å². The van der Waals surface area contributed by atoms with Crippen LogP contribution in [-0.4, -0.2) is 17.6 Å². The van der Waals surface area contributed by atoms with Gasteiger partial charge < -0.3 is 5.32 Å². The van der Waals surface area contributed by atoms with Crippen LogP contribution in [0.4, 0.5) is 11.4 Å². The van der Waals surface area contributed by atoms with Crippen LogP contribution in [-0.2, 0) is 9.59 Å². The number of nitrogens with one attached hydrogen (secondary N) is 1. The zero-order valence-electron chi connectivity index (χ0n) is 13.8. The van der Waals surface area contributed by atoms with E-state index in [1.54, 1.807) is 42.5 Å². The molecular weight excluding hydrogens is 370 g/mol. The first-order valence-corrected chi connectivity index (χ1v) is 9.10. The summed E-state index contributed by atoms with van der Waals surface area (Å²) < 4.78 is 0. The summed E-state index contributed by atoms with van der Waals surface area (Å²) in [5.74, 6) is -0.570. The van der Waals surface area contributed by atoms with E-state index >= 15 is 0 Å². The second-order valence-corrected chi connectivity index (χ2v) is 6.93. The van der Waals surface area contributed by atoms with Crippen LogP contribution < -0.4 is 10.2 Å². The number of rotatable bonds is 3. The minimum absolute atomic E-state index is 0.110. The van der Waals surface area contributed by atoms with Gasteiger partial charge in [-0.2, -0.15) is 5.26 Å². The van der Waals surface area contributed by atoms with E-state index in [2.05, 4.69) is 5.32 Å². The van der Waals surface area contributed by atoms with E-state index in [1.807, 2.05) is 19.1 Å². The molecule has 0 radical (unpaired) electrons. The molecule has 0 spiro atoms. The number of carbonyl (C=O) groups is 2. The molecule has 1 fully saturated rings. The van der Waals surface area contributed by atoms with E-state index in [0.29, 0.717) is 21.4 Å². The average molecular weight is 384 g/mol. The first kappa shape index (κ1) is 18.1. The van der Waals surface area contributed by atoms with Gasteiger partial charge in [-0.3, -0.25) is 14.5 Å². The maximum atomic E-state index is 12.6. The number of thioether (sulfide) groups is 1. The first-order chi connectivity index (χ1) is 12.5. The zero-order chi connectivity index (χ0) is 18.7. The number of nitrogens with zero attached hydrogens (tertiary/aromatic N) is 2. The number of amides is 2. The van der Waals surface area contributed by atoms with E-state index in [0.717, 1.165) is 5.56 Å². The summed E-state index contributed by atoms with van der Waals surface area (Å²) in [6, 6.07) is 16.0. The van der Waals surface area contributed by atoms with Crippen molar-refractivity contribution in [2.24, 2.45) is 0 Å². The summed E-state index contributed by atoms with van der Waals surface area (Å²) in [5.41, 5.74) is 1.88. The third-order valence-corrected chi connectivity index (χ3v) is 5.24. The van der Waals surface area contributed by atoms with Gasteiger partial charge in [0.1, 0.15) is 16.7 Å². The van der Waals surface area contributed by atoms with Crippen LogP contribution in [0.1, 0.15) is 5.56 Å². The van der Waals surface area contributed by atoms with Crippen molar-refractivity contribution < 1.29 is 9.59 Å². The number of nitriles is 1. The molecule has 1 aliphatic heterocycles. The summed E-state index contributed by atoms with van der Waals surface area (Å²) in [6.45, 7) is 1.86. The second-order valence-electron chi connectivity index (χ2n) is 5.56. The van der Waals surface area contributed by atoms with Crippen molar-refractivity contribution in [3.8, 4) is 6.07 Å². The molecule has 1 saturated heterocycles. The van der Waals surface area contributed by atoms with Crippen LogP contribution in [0.15, 0.2) is 59.1 Å². The molecule has 2 amide bonds. The number of hydrogen-bond acceptors (Lipinski definition) is 4. The van der Waals surface area contributed by atoms with Crippen LogP contribution in [0.5, 0.6) is 0 Å². The summed E-state index contributed by atoms with van der Waals surface area (Å²) >= 11 is 7.25. The standard InChI is InChI=1S/C19H14ClN3O2S/c1-12-7-8-13(9-16(12)20)22-18(25)15(10-21)19-23(17(24)11-26-19)14-5-3-2-4-6-14/h2-9H,11H2,1H3,(H,22,25). The lowest BCUT2D eigenvalue weighted by atomic mass is 10.2. The number of carbonyl (C=O) groups excluding carboxylic acids is 2. The molecule has 5 nitrogen and oxygen atoms in total. The number of hydrogen-bond donors (Lipinski definition) is 1. The SMILES string of the molecule is Cc1ccc(NC(=O)C(C#N)=C2SCC(=O)N2c2ccccc2)cc1Cl. The maximum absolute atomic E-state index is 12.6. The fourth-order valence-corrected chi connectivity index (χ4v) is 3.64. The van der Waals surface area contributed by atoms with Crippen molar-refractivity contribution in [3.05, 3.63) is 69.7 Å². The number of anilines is 2. The van der Waals surface area contributed by atoms with Crippen molar-refractivity contribution in [1.29, 1.82) is 5.26 Å². The van der Waals surface area contributed by atoms with E-state index in [-0.39, 0.29) is 17.2 Å². The molecule has 0 bridgehead atoms. The highest BCUT2D eigenvalue weighted by molar-refractivity contribution is 8.04. The predicted molar refractivity (Wildman–Crippen MR) is 104 cm³/mol. The predicted octanol–water partition coefficient (Wildman–Crippen LogP) is 4.10. The van der Waals surface area contributed by atoms with Gasteiger partial charge in [0, 0.05) is 16.4 Å². The van der Waals surface area contributed by atoms with E-state index < -0.39 is 5.91 Å². The molecule has 26 heavy (non-hydrogen) atoms. The Hall–Kier alpha value is -2.75. The summed E-state index contributed by atoms with van der Waals surface area (Å²) in [4.78, 5) is 26.3. The molecule has 0 unspecified atom stereocenters. The summed E-state index contributed by atoms with van der Waals surface area (Å²) in [5, 5.41) is 13.1. The quantitative estimate of drug-likeness (QED) is 0.639. The van der Waals surface area contributed by atoms with Crippen LogP contribution in [0.25, 0.3) is 0 Å². The normalized spacial score (nSPS) is 15.6. The fourth-order valence-electron chi connectivity index (χ4n) is 2.45. The highest BCUT2D eigenvalue weighted by Crippen LogP contribution is 2.36. The Morgan fingerprint density at radius 3 is 2.65 bits per heavy atom. The van der Waals surface area contributed by atoms with Crippen LogP contribution in [0.2, 0.25) is 5.02 Å². The summed E-state index contributed by atoms with van der Waals surface area (Å²) in [7, 11) is 0. The molecule has 2 aromatic rings. The Morgan fingerprint density at radius 1 is 1.27 bits per heavy atom. The van der Waals surface area contributed by atoms with Crippen molar-refractivity contribution in [2.75, 3.05) is 16.0 Å². The molecule has 130 valence electrons. The topological polar surface area (TPSA) is 73.2 Å². The molecule has 1 N–H and O–H groups in total. The van der Waals surface area contributed by atoms with Crippen molar-refractivity contribution in [3.63, 3.8) is 0 Å². The lowest BCUT2D eigenvalue weighted by molar-refractivity contribution is -0.115. The van der Waals surface area contributed by atoms with E-state index in [4.69, 9.17) is 11.6 Å². The summed E-state index contributed by atoms with van der Waals surface area (Å²) in [6.07, 6.45) is 0. The smallest absolute Gasteiger partial charge is 0.269 e. The molecule has 0 aromatic heterocycles. The van der Waals surface area contributed by atoms with E-state index in [1.165, 1.54) is 16.7 Å². The first-order valence-electron chi connectivity index (χ1n) is 7.74. The average Bonchev–Trinajstić information content (AvgIpc) is 3.01. The third kappa shape index (κ3) is 3.59. The van der Waals surface area contributed by atoms with Crippen molar-refractivity contribution in [1.82, 2.24) is 0 Å². The molecule has 0 saturated carbocycles. The molecule has 2 aromatic carbocycles. The molecule has 3 rings (SSSR count). The lowest BCUT2D eigenvalue weighted by Gasteiger charge is -2.18. The largest absolute Gasteiger partial charge is 0.321 e. The van der Waals surface area contributed by atoms with Gasteiger partial charge in [-0.05, 0) is 36.8 Å². The number of halogens is 1. The minimum Gasteiger partial charge on any atom is -0.321 e. The lowest BCUT2D eigenvalue weighted by Crippen LogP contribution is -2.26. The highest BCUT2D eigenvalue weighted by Gasteiger charge is 2.33. The molecule has 7 heteroatoms. The highest BCUT2D eigenvalue weighted by atomic mass is 35.5. The Labute approximate surface area is 160 Å². The Morgan fingerprint density at radius 2 is 2.00 bits per heavy atom. The maximum Gasteiger partial charge on any atom is 0.269 e. The van der Waals surface area contributed by atoms with Gasteiger partial charge >= 0.3 is 0 Å². The van der Waals surface area contributed by atoms with Gasteiger partial charge in [-0.1, -0.05) is 47.6 Å². The van der Waals surface area contributed by atoms with Gasteiger partial charge in [0.2, 0.25) is 5.91 Å². The van der Waals surface area contributed by atoms with Crippen LogP contribution in [0, 0.1) is 18.3 Å². The van der Waals surface area contributed by atoms with Gasteiger partial charge in [-0.15, -0.1) is 0 Å². The van der Waals surface area contributed by atoms with Gasteiger partial charge in [0.15, 0.2) is 0 Å². The second kappa shape index (κ2) is 7.65. The fraction of sp³-hybridized carbons (Fsp3) is 0.105. The van der Waals surface area contributed by atoms with Gasteiger partial charge in [0.05, 0.1) is 5.75 Å². The Bertz CT molecular complexity index is 951. The Balaban J connectivity index is 1.95. The molecule has 1 heterocycles. The monoisotopic (exact) mass is 383 g/mol. The molecule has 1 aliphatic rings. The molecule has 0 aliphatic carbocycles. The van der Waals surface area contributed by atoms with E-state index in [9.17, 15) is 14.9 Å². The molecular formula is C19H14ClN3O2S. The zero-order valence-corrected chi connectivity index (χ0v) is 15.4. The van der Waals surface area contributed by atoms with Crippen LogP contribution in [0.3, 0.4) is 0 Å². The number of benzene rings is 2. The Kier molecular flexibility index (Phi) is 5.31. The van der Waals surface area contributed by atoms with Crippen molar-refractivity contribution >= 4 is 46.6 Å². The number of aryl methyl sites for hydroxylation is 1. The molecule has 0 atom stereocenters. The number of para-hydroxylation sites is 1. The minimum atomic E-state index is -0.578. The third-order valence-electron chi connectivity index (χ3n) is 3.78. The van der Waals surface area contributed by atoms with Crippen molar-refractivity contribution in [2.45, 2.75) is 6.92 Å². The van der Waals surface area contributed by atoms with Gasteiger partial charge in [0.25, 0.3) is 5.91 Å². The van der Waals surface area contributed by atoms with Gasteiger partial charge in [-0.25, -0.2) is 0 Å².